The van der Waals surface area contributed by atoms with Gasteiger partial charge >= 0.3 is 0 Å². The van der Waals surface area contributed by atoms with Crippen LogP contribution in [0.5, 0.6) is 0 Å². The van der Waals surface area contributed by atoms with E-state index in [4.69, 9.17) is 5.21 Å². The maximum absolute atomic E-state index is 13.3. The molecule has 0 aliphatic heterocycles. The molecule has 0 rings (SSSR count). The van der Waals surface area contributed by atoms with Crippen LogP contribution in [0.25, 0.3) is 0 Å². The minimum Gasteiger partial charge on any atom is -0.390 e. The summed E-state index contributed by atoms with van der Waals surface area (Å²) in [4.78, 5) is 10.1. The molecule has 2 unspecified atom stereocenters. The maximum Gasteiger partial charge on any atom is 0.233 e. The largest absolute Gasteiger partial charge is 0.390 e. The Morgan fingerprint density at radius 3 is 2.42 bits per heavy atom. The number of nitrogens with zero attached hydrogens (tertiary/aromatic N) is 1. The molecule has 0 heterocycles. The lowest BCUT2D eigenvalue weighted by Crippen LogP contribution is -2.44. The molecule has 0 radical (unpaired) electrons. The van der Waals surface area contributed by atoms with Gasteiger partial charge in [0, 0.05) is 6.42 Å². The van der Waals surface area contributed by atoms with Crippen molar-refractivity contribution in [2.75, 3.05) is 13.2 Å². The Kier molecular flexibility index (Phi) is 9.07. The molecule has 10 heteroatoms. The van der Waals surface area contributed by atoms with Gasteiger partial charge in [-0.25, -0.2) is 9.45 Å². The van der Waals surface area contributed by atoms with E-state index >= 15 is 0 Å². The van der Waals surface area contributed by atoms with Gasteiger partial charge in [-0.15, -0.1) is 0 Å². The molecule has 1 amide bonds. The molecule has 0 aliphatic carbocycles. The first-order valence-electron chi connectivity index (χ1n) is 5.59. The van der Waals surface area contributed by atoms with Crippen molar-refractivity contribution in [1.82, 2.24) is 5.06 Å². The number of rotatable bonds is 10. The average molecular weight is 303 g/mol. The zero-order valence-corrected chi connectivity index (χ0v) is 11.3. The Morgan fingerprint density at radius 1 is 1.37 bits per heavy atom. The van der Waals surface area contributed by atoms with Crippen molar-refractivity contribution in [2.24, 2.45) is 0 Å². The van der Waals surface area contributed by atoms with Crippen LogP contribution >= 0.6 is 8.03 Å². The number of halogens is 1. The third kappa shape index (κ3) is 6.95. The summed E-state index contributed by atoms with van der Waals surface area (Å²) in [7, 11) is -2.98. The van der Waals surface area contributed by atoms with E-state index in [1.165, 1.54) is 6.92 Å². The second kappa shape index (κ2) is 9.35. The fraction of sp³-hybridized carbons (Fsp3) is 0.889. The van der Waals surface area contributed by atoms with Crippen LogP contribution in [0.3, 0.4) is 0 Å². The Bertz CT molecular complexity index is 296. The van der Waals surface area contributed by atoms with Gasteiger partial charge in [0.2, 0.25) is 14.4 Å². The Balaban J connectivity index is 4.28. The van der Waals surface area contributed by atoms with Crippen LogP contribution in [0.2, 0.25) is 0 Å². The minimum atomic E-state index is -2.98. The van der Waals surface area contributed by atoms with E-state index in [1.54, 1.807) is 0 Å². The number of aliphatic hydroxyl groups excluding tert-OH is 3. The number of alkyl halides is 1. The first kappa shape index (κ1) is 18.4. The Hall–Kier alpha value is -0.570. The molecule has 0 aromatic carbocycles. The monoisotopic (exact) mass is 303 g/mol. The van der Waals surface area contributed by atoms with Gasteiger partial charge < -0.3 is 19.8 Å². The molecular formula is C9H19FNO7P. The molecule has 19 heavy (non-hydrogen) atoms. The molecular weight excluding hydrogens is 284 g/mol. The third-order valence-corrected chi connectivity index (χ3v) is 3.60. The predicted molar refractivity (Wildman–Crippen MR) is 62.7 cm³/mol. The van der Waals surface area contributed by atoms with Crippen LogP contribution in [0.1, 0.15) is 13.3 Å². The highest BCUT2D eigenvalue weighted by molar-refractivity contribution is 7.39. The Labute approximate surface area is 110 Å². The smallest absolute Gasteiger partial charge is 0.233 e. The van der Waals surface area contributed by atoms with Crippen LogP contribution in [0.15, 0.2) is 0 Å². The lowest BCUT2D eigenvalue weighted by molar-refractivity contribution is -0.163. The molecule has 0 fully saturated rings. The summed E-state index contributed by atoms with van der Waals surface area (Å²) in [6.07, 6.45) is -5.88. The van der Waals surface area contributed by atoms with Crippen molar-refractivity contribution in [1.29, 1.82) is 0 Å². The second-order valence-corrected chi connectivity index (χ2v) is 5.36. The van der Waals surface area contributed by atoms with E-state index in [0.717, 1.165) is 0 Å². The van der Waals surface area contributed by atoms with E-state index in [2.05, 4.69) is 4.52 Å². The number of hydrogen-bond donors (Lipinski definition) is 4. The second-order valence-electron chi connectivity index (χ2n) is 3.81. The van der Waals surface area contributed by atoms with Crippen LogP contribution in [-0.2, 0) is 13.9 Å². The summed E-state index contributed by atoms with van der Waals surface area (Å²) in [5, 5.41) is 37.1. The van der Waals surface area contributed by atoms with E-state index in [0.29, 0.717) is 0 Å². The zero-order chi connectivity index (χ0) is 15.0. The lowest BCUT2D eigenvalue weighted by atomic mass is 10.1. The minimum absolute atomic E-state index is 0.00584. The molecule has 0 aliphatic rings. The topological polar surface area (TPSA) is 128 Å². The standard InChI is InChI=1S/C9H19FNO7P/c1-2-18-19(17)8(10)3-6(13)9(15)7(14)4-11(16)5-12/h5-9,13-16,19H,2-4H2,1H3/t6-,7+,8?,9-/m1/s1. The van der Waals surface area contributed by atoms with Crippen molar-refractivity contribution < 1.29 is 38.8 Å². The van der Waals surface area contributed by atoms with Crippen molar-refractivity contribution in [3.63, 3.8) is 0 Å². The van der Waals surface area contributed by atoms with Gasteiger partial charge in [0.25, 0.3) is 0 Å². The molecule has 5 atom stereocenters. The van der Waals surface area contributed by atoms with Crippen molar-refractivity contribution in [2.45, 2.75) is 37.6 Å². The summed E-state index contributed by atoms with van der Waals surface area (Å²) in [5.41, 5.74) is 0. The lowest BCUT2D eigenvalue weighted by Gasteiger charge is -2.25. The van der Waals surface area contributed by atoms with Gasteiger partial charge in [0.15, 0.2) is 5.91 Å². The summed E-state index contributed by atoms with van der Waals surface area (Å²) in [5.74, 6) is -1.96. The number of carbonyl (C=O) groups excluding carboxylic acids is 1. The highest BCUT2D eigenvalue weighted by Crippen LogP contribution is 2.33. The van der Waals surface area contributed by atoms with Crippen LogP contribution in [0.4, 0.5) is 4.39 Å². The van der Waals surface area contributed by atoms with Gasteiger partial charge in [-0.2, -0.15) is 0 Å². The summed E-state index contributed by atoms with van der Waals surface area (Å²) < 4.78 is 29.0. The first-order valence-corrected chi connectivity index (χ1v) is 6.98. The molecule has 0 aromatic rings. The van der Waals surface area contributed by atoms with Gasteiger partial charge in [0.05, 0.1) is 19.3 Å². The van der Waals surface area contributed by atoms with E-state index < -0.39 is 45.2 Å². The normalized spacial score (nSPS) is 19.3. The fourth-order valence-electron chi connectivity index (χ4n) is 1.28. The van der Waals surface area contributed by atoms with E-state index in [1.807, 2.05) is 0 Å². The van der Waals surface area contributed by atoms with Gasteiger partial charge in [0.1, 0.15) is 12.2 Å². The SMILES string of the molecule is CCO[PH](=O)C(F)C[C@@H](O)[C@@H](O)[C@@H](O)CN(O)C=O. The van der Waals surface area contributed by atoms with Gasteiger partial charge in [-0.1, -0.05) is 0 Å². The fourth-order valence-corrected chi connectivity index (χ4v) is 2.18. The number of hydrogen-bond acceptors (Lipinski definition) is 7. The summed E-state index contributed by atoms with van der Waals surface area (Å²) in [6, 6.07) is 0. The molecule has 8 nitrogen and oxygen atoms in total. The zero-order valence-electron chi connectivity index (χ0n) is 10.3. The molecule has 0 aromatic heterocycles. The number of carbonyl (C=O) groups is 1. The summed E-state index contributed by atoms with van der Waals surface area (Å²) in [6.45, 7) is 0.928. The molecule has 0 saturated heterocycles. The molecule has 0 spiro atoms. The first-order chi connectivity index (χ1) is 8.83. The summed E-state index contributed by atoms with van der Waals surface area (Å²) >= 11 is 0. The van der Waals surface area contributed by atoms with Crippen molar-refractivity contribution in [3.8, 4) is 0 Å². The number of aliphatic hydroxyl groups is 3. The van der Waals surface area contributed by atoms with Gasteiger partial charge in [-0.05, 0) is 6.92 Å². The quantitative estimate of drug-likeness (QED) is 0.178. The number of amides is 1. The van der Waals surface area contributed by atoms with Crippen molar-refractivity contribution in [3.05, 3.63) is 0 Å². The molecule has 0 saturated carbocycles. The highest BCUT2D eigenvalue weighted by atomic mass is 31.1. The molecule has 0 bridgehead atoms. The van der Waals surface area contributed by atoms with Gasteiger partial charge in [-0.3, -0.25) is 14.6 Å². The van der Waals surface area contributed by atoms with Crippen LogP contribution < -0.4 is 0 Å². The van der Waals surface area contributed by atoms with Crippen molar-refractivity contribution >= 4 is 14.4 Å². The van der Waals surface area contributed by atoms with E-state index in [9.17, 15) is 29.1 Å². The third-order valence-electron chi connectivity index (χ3n) is 2.28. The molecule has 114 valence electrons. The molecule has 4 N–H and O–H groups in total. The van der Waals surface area contributed by atoms with Crippen LogP contribution in [-0.4, -0.2) is 69.4 Å². The van der Waals surface area contributed by atoms with E-state index in [-0.39, 0.29) is 18.1 Å². The average Bonchev–Trinajstić information content (AvgIpc) is 2.37. The predicted octanol–water partition coefficient (Wildman–Crippen LogP) is -0.886. The maximum atomic E-state index is 13.3. The van der Waals surface area contributed by atoms with Crippen LogP contribution in [0, 0.1) is 0 Å². The highest BCUT2D eigenvalue weighted by Gasteiger charge is 2.30. The number of hydroxylamine groups is 2. The Morgan fingerprint density at radius 2 is 1.95 bits per heavy atom.